The van der Waals surface area contributed by atoms with E-state index >= 15 is 0 Å². The maximum Gasteiger partial charge on any atom is 0.152 e. The molecule has 2 nitrogen and oxygen atoms in total. The molecule has 1 aliphatic rings. The van der Waals surface area contributed by atoms with Crippen molar-refractivity contribution in [2.24, 2.45) is 5.92 Å². The summed E-state index contributed by atoms with van der Waals surface area (Å²) in [6.07, 6.45) is 7.32. The molecule has 0 saturated heterocycles. The summed E-state index contributed by atoms with van der Waals surface area (Å²) in [7, 11) is 0. The minimum Gasteiger partial charge on any atom is -0.393 e. The van der Waals surface area contributed by atoms with E-state index in [1.165, 1.54) is 0 Å². The monoisotopic (exact) mass is 168 g/mol. The van der Waals surface area contributed by atoms with Gasteiger partial charge in [-0.2, -0.15) is 0 Å². The third kappa shape index (κ3) is 3.18. The molecule has 0 aromatic rings. The predicted octanol–water partition coefficient (Wildman–Crippen LogP) is 1.68. The number of ketones is 1. The lowest BCUT2D eigenvalue weighted by Gasteiger charge is -2.22. The molecular weight excluding hydrogens is 152 g/mol. The van der Waals surface area contributed by atoms with Crippen molar-refractivity contribution in [1.82, 2.24) is 0 Å². The van der Waals surface area contributed by atoms with Gasteiger partial charge in [0.2, 0.25) is 0 Å². The lowest BCUT2D eigenvalue weighted by atomic mass is 9.87. The fraction of sp³-hybridized carbons (Fsp3) is 0.700. The highest BCUT2D eigenvalue weighted by Crippen LogP contribution is 2.24. The summed E-state index contributed by atoms with van der Waals surface area (Å²) in [5.74, 6) is 0.624. The molecular formula is C10H16O2. The number of rotatable bonds is 2. The summed E-state index contributed by atoms with van der Waals surface area (Å²) >= 11 is 0. The first-order valence-electron chi connectivity index (χ1n) is 4.55. The summed E-state index contributed by atoms with van der Waals surface area (Å²) in [4.78, 5) is 10.6. The second-order valence-electron chi connectivity index (χ2n) is 3.54. The summed E-state index contributed by atoms with van der Waals surface area (Å²) < 4.78 is 0. The molecule has 0 bridgehead atoms. The Kier molecular flexibility index (Phi) is 3.48. The van der Waals surface area contributed by atoms with E-state index in [0.29, 0.717) is 5.92 Å². The van der Waals surface area contributed by atoms with Crippen molar-refractivity contribution in [3.8, 4) is 0 Å². The van der Waals surface area contributed by atoms with Crippen LogP contribution >= 0.6 is 0 Å². The number of carbonyl (C=O) groups is 1. The molecule has 1 N–H and O–H groups in total. The van der Waals surface area contributed by atoms with Gasteiger partial charge in [0.1, 0.15) is 0 Å². The molecule has 0 aromatic carbocycles. The van der Waals surface area contributed by atoms with Crippen molar-refractivity contribution >= 4 is 5.78 Å². The van der Waals surface area contributed by atoms with Gasteiger partial charge in [-0.15, -0.1) is 0 Å². The molecule has 0 aliphatic heterocycles. The minimum absolute atomic E-state index is 0.105. The second kappa shape index (κ2) is 4.41. The van der Waals surface area contributed by atoms with Gasteiger partial charge in [-0.3, -0.25) is 4.79 Å². The van der Waals surface area contributed by atoms with E-state index in [2.05, 4.69) is 0 Å². The van der Waals surface area contributed by atoms with Crippen LogP contribution in [0.5, 0.6) is 0 Å². The van der Waals surface area contributed by atoms with Crippen molar-refractivity contribution in [2.45, 2.75) is 38.7 Å². The zero-order valence-corrected chi connectivity index (χ0v) is 7.49. The zero-order valence-electron chi connectivity index (χ0n) is 7.49. The van der Waals surface area contributed by atoms with Crippen molar-refractivity contribution in [3.05, 3.63) is 12.2 Å². The van der Waals surface area contributed by atoms with E-state index in [-0.39, 0.29) is 11.9 Å². The zero-order chi connectivity index (χ0) is 8.97. The van der Waals surface area contributed by atoms with Crippen LogP contribution in [-0.2, 0) is 4.79 Å². The summed E-state index contributed by atoms with van der Waals surface area (Å²) in [6.45, 7) is 1.56. The van der Waals surface area contributed by atoms with Crippen LogP contribution < -0.4 is 0 Å². The first kappa shape index (κ1) is 9.46. The molecule has 12 heavy (non-hydrogen) atoms. The third-order valence-corrected chi connectivity index (χ3v) is 2.34. The van der Waals surface area contributed by atoms with Gasteiger partial charge in [-0.1, -0.05) is 6.08 Å². The molecule has 1 saturated carbocycles. The molecule has 0 radical (unpaired) electrons. The number of aliphatic hydroxyl groups excluding tert-OH is 1. The number of aliphatic hydroxyl groups is 1. The molecule has 1 fully saturated rings. The Balaban J connectivity index is 2.30. The van der Waals surface area contributed by atoms with Crippen molar-refractivity contribution in [3.63, 3.8) is 0 Å². The number of hydrogen-bond donors (Lipinski definition) is 1. The van der Waals surface area contributed by atoms with Crippen LogP contribution in [0.3, 0.4) is 0 Å². The van der Waals surface area contributed by atoms with Crippen LogP contribution in [0.25, 0.3) is 0 Å². The van der Waals surface area contributed by atoms with E-state index < -0.39 is 0 Å². The standard InChI is InChI=1S/C10H16O2/c1-8(11)2-3-9-4-6-10(12)7-5-9/h2-3,9-10,12H,4-7H2,1H3/b3-2+. The summed E-state index contributed by atoms with van der Waals surface area (Å²) in [6, 6.07) is 0. The molecule has 0 amide bonds. The van der Waals surface area contributed by atoms with Crippen LogP contribution in [-0.4, -0.2) is 17.0 Å². The fourth-order valence-corrected chi connectivity index (χ4v) is 1.57. The lowest BCUT2D eigenvalue weighted by Crippen LogP contribution is -2.16. The molecule has 1 aliphatic carbocycles. The van der Waals surface area contributed by atoms with Crippen molar-refractivity contribution in [2.75, 3.05) is 0 Å². The molecule has 0 spiro atoms. The van der Waals surface area contributed by atoms with Crippen LogP contribution in [0.1, 0.15) is 32.6 Å². The van der Waals surface area contributed by atoms with E-state index in [1.54, 1.807) is 13.0 Å². The van der Waals surface area contributed by atoms with E-state index in [4.69, 9.17) is 0 Å². The maximum atomic E-state index is 10.6. The highest BCUT2D eigenvalue weighted by molar-refractivity contribution is 5.87. The minimum atomic E-state index is -0.105. The normalized spacial score (nSPS) is 30.8. The van der Waals surface area contributed by atoms with Gasteiger partial charge in [-0.25, -0.2) is 0 Å². The van der Waals surface area contributed by atoms with Gasteiger partial charge in [0.15, 0.2) is 5.78 Å². The topological polar surface area (TPSA) is 37.3 Å². The molecule has 0 aromatic heterocycles. The molecule has 0 unspecified atom stereocenters. The Bertz CT molecular complexity index is 176. The van der Waals surface area contributed by atoms with E-state index in [0.717, 1.165) is 25.7 Å². The first-order valence-corrected chi connectivity index (χ1v) is 4.55. The van der Waals surface area contributed by atoms with Crippen LogP contribution in [0, 0.1) is 5.92 Å². The van der Waals surface area contributed by atoms with Crippen LogP contribution in [0.15, 0.2) is 12.2 Å². The Morgan fingerprint density at radius 1 is 1.33 bits per heavy atom. The SMILES string of the molecule is CC(=O)/C=C/C1CCC(O)CC1. The highest BCUT2D eigenvalue weighted by Gasteiger charge is 2.16. The quantitative estimate of drug-likeness (QED) is 0.637. The van der Waals surface area contributed by atoms with E-state index in [1.807, 2.05) is 6.08 Å². The Hall–Kier alpha value is -0.630. The van der Waals surface area contributed by atoms with Gasteiger partial charge in [0.05, 0.1) is 6.10 Å². The smallest absolute Gasteiger partial charge is 0.152 e. The maximum absolute atomic E-state index is 10.6. The lowest BCUT2D eigenvalue weighted by molar-refractivity contribution is -0.112. The Labute approximate surface area is 73.3 Å². The largest absolute Gasteiger partial charge is 0.393 e. The van der Waals surface area contributed by atoms with Gasteiger partial charge < -0.3 is 5.11 Å². The predicted molar refractivity (Wildman–Crippen MR) is 47.8 cm³/mol. The highest BCUT2D eigenvalue weighted by atomic mass is 16.3. The number of carbonyl (C=O) groups excluding carboxylic acids is 1. The Morgan fingerprint density at radius 3 is 2.42 bits per heavy atom. The second-order valence-corrected chi connectivity index (χ2v) is 3.54. The molecule has 68 valence electrons. The van der Waals surface area contributed by atoms with Gasteiger partial charge in [0, 0.05) is 0 Å². The Morgan fingerprint density at radius 2 is 1.92 bits per heavy atom. The third-order valence-electron chi connectivity index (χ3n) is 2.34. The average molecular weight is 168 g/mol. The van der Waals surface area contributed by atoms with Crippen molar-refractivity contribution < 1.29 is 9.90 Å². The van der Waals surface area contributed by atoms with Crippen LogP contribution in [0.4, 0.5) is 0 Å². The van der Waals surface area contributed by atoms with Crippen LogP contribution in [0.2, 0.25) is 0 Å². The van der Waals surface area contributed by atoms with E-state index in [9.17, 15) is 9.90 Å². The first-order chi connectivity index (χ1) is 5.68. The van der Waals surface area contributed by atoms with Gasteiger partial charge in [-0.05, 0) is 44.6 Å². The number of hydrogen-bond acceptors (Lipinski definition) is 2. The average Bonchev–Trinajstić information content (AvgIpc) is 2.03. The molecule has 0 atom stereocenters. The molecule has 2 heteroatoms. The summed E-state index contributed by atoms with van der Waals surface area (Å²) in [5.41, 5.74) is 0. The van der Waals surface area contributed by atoms with Gasteiger partial charge in [0.25, 0.3) is 0 Å². The number of allylic oxidation sites excluding steroid dienone is 2. The molecule has 0 heterocycles. The van der Waals surface area contributed by atoms with Gasteiger partial charge >= 0.3 is 0 Å². The van der Waals surface area contributed by atoms with Crippen molar-refractivity contribution in [1.29, 1.82) is 0 Å². The summed E-state index contributed by atoms with van der Waals surface area (Å²) in [5, 5.41) is 9.21. The fourth-order valence-electron chi connectivity index (χ4n) is 1.57. The molecule has 1 rings (SSSR count).